The molecule has 0 aromatic heterocycles. The third-order valence-corrected chi connectivity index (χ3v) is 4.26. The Morgan fingerprint density at radius 3 is 2.56 bits per heavy atom. The number of ether oxygens (including phenoxy) is 2. The maximum absolute atomic E-state index is 10.6. The Bertz CT molecular complexity index is 400. The second-order valence-corrected chi connectivity index (χ2v) is 5.47. The largest absolute Gasteiger partial charge is 0.490 e. The molecule has 1 heterocycles. The van der Waals surface area contributed by atoms with Crippen molar-refractivity contribution in [3.8, 4) is 11.5 Å². The van der Waals surface area contributed by atoms with Gasteiger partial charge in [-0.1, -0.05) is 6.07 Å². The maximum Gasteiger partial charge on any atom is 0.161 e. The highest BCUT2D eigenvalue weighted by Gasteiger charge is 2.34. The number of aliphatic hydroxyl groups is 1. The maximum atomic E-state index is 10.6. The Morgan fingerprint density at radius 2 is 1.94 bits per heavy atom. The minimum Gasteiger partial charge on any atom is -0.490 e. The second kappa shape index (κ2) is 5.85. The summed E-state index contributed by atoms with van der Waals surface area (Å²) >= 11 is 1.79. The van der Waals surface area contributed by atoms with E-state index in [0.717, 1.165) is 35.0 Å². The highest BCUT2D eigenvalue weighted by atomic mass is 32.2. The molecule has 1 aromatic rings. The molecule has 0 saturated carbocycles. The standard InChI is InChI=1S/C14H20O3S/c1-3-16-12-6-5-11(9-13(12)17-4-2)14(15)7-8-18-10-14/h5-6,9,15H,3-4,7-8,10H2,1-2H3. The van der Waals surface area contributed by atoms with Gasteiger partial charge in [-0.05, 0) is 43.7 Å². The number of hydrogen-bond donors (Lipinski definition) is 1. The molecule has 1 fully saturated rings. The average Bonchev–Trinajstić information content (AvgIpc) is 2.80. The summed E-state index contributed by atoms with van der Waals surface area (Å²) in [6.45, 7) is 5.10. The lowest BCUT2D eigenvalue weighted by molar-refractivity contribution is 0.0654. The van der Waals surface area contributed by atoms with Crippen LogP contribution in [0.1, 0.15) is 25.8 Å². The van der Waals surface area contributed by atoms with Gasteiger partial charge in [0.2, 0.25) is 0 Å². The fourth-order valence-electron chi connectivity index (χ4n) is 2.12. The SMILES string of the molecule is CCOc1ccc(C2(O)CCSC2)cc1OCC. The van der Waals surface area contributed by atoms with E-state index >= 15 is 0 Å². The molecular weight excluding hydrogens is 248 g/mol. The van der Waals surface area contributed by atoms with E-state index < -0.39 is 5.60 Å². The molecule has 1 N–H and O–H groups in total. The molecule has 1 saturated heterocycles. The molecule has 0 aliphatic carbocycles. The van der Waals surface area contributed by atoms with Crippen molar-refractivity contribution in [3.63, 3.8) is 0 Å². The van der Waals surface area contributed by atoms with E-state index in [1.807, 2.05) is 32.0 Å². The van der Waals surface area contributed by atoms with E-state index in [4.69, 9.17) is 9.47 Å². The Morgan fingerprint density at radius 1 is 1.22 bits per heavy atom. The van der Waals surface area contributed by atoms with Crippen molar-refractivity contribution in [2.75, 3.05) is 24.7 Å². The summed E-state index contributed by atoms with van der Waals surface area (Å²) in [5.41, 5.74) is 0.223. The van der Waals surface area contributed by atoms with E-state index in [1.165, 1.54) is 0 Å². The lowest BCUT2D eigenvalue weighted by Gasteiger charge is -2.23. The predicted molar refractivity (Wildman–Crippen MR) is 74.6 cm³/mol. The lowest BCUT2D eigenvalue weighted by atomic mass is 9.93. The van der Waals surface area contributed by atoms with Gasteiger partial charge in [-0.25, -0.2) is 0 Å². The molecule has 1 aromatic carbocycles. The van der Waals surface area contributed by atoms with Gasteiger partial charge in [0.25, 0.3) is 0 Å². The number of rotatable bonds is 5. The van der Waals surface area contributed by atoms with Crippen molar-refractivity contribution in [3.05, 3.63) is 23.8 Å². The van der Waals surface area contributed by atoms with Gasteiger partial charge in [0.05, 0.1) is 18.8 Å². The van der Waals surface area contributed by atoms with Gasteiger partial charge < -0.3 is 14.6 Å². The van der Waals surface area contributed by atoms with Gasteiger partial charge >= 0.3 is 0 Å². The molecule has 18 heavy (non-hydrogen) atoms. The summed E-state index contributed by atoms with van der Waals surface area (Å²) in [7, 11) is 0. The molecule has 3 nitrogen and oxygen atoms in total. The molecule has 1 aliphatic heterocycles. The first kappa shape index (κ1) is 13.6. The van der Waals surface area contributed by atoms with Crippen LogP contribution in [0.2, 0.25) is 0 Å². The Balaban J connectivity index is 2.29. The van der Waals surface area contributed by atoms with E-state index in [0.29, 0.717) is 13.2 Å². The first-order valence-electron chi connectivity index (χ1n) is 6.40. The van der Waals surface area contributed by atoms with Crippen LogP contribution in [0.15, 0.2) is 18.2 Å². The molecule has 0 radical (unpaired) electrons. The average molecular weight is 268 g/mol. The highest BCUT2D eigenvalue weighted by molar-refractivity contribution is 7.99. The summed E-state index contributed by atoms with van der Waals surface area (Å²) in [5, 5.41) is 10.6. The number of thioether (sulfide) groups is 1. The van der Waals surface area contributed by atoms with Crippen LogP contribution in [-0.2, 0) is 5.60 Å². The molecular formula is C14H20O3S. The Kier molecular flexibility index (Phi) is 4.40. The van der Waals surface area contributed by atoms with Gasteiger partial charge in [0.1, 0.15) is 0 Å². The smallest absolute Gasteiger partial charge is 0.161 e. The molecule has 1 unspecified atom stereocenters. The highest BCUT2D eigenvalue weighted by Crippen LogP contribution is 2.40. The summed E-state index contributed by atoms with van der Waals surface area (Å²) in [5.74, 6) is 3.24. The molecule has 0 amide bonds. The molecule has 0 bridgehead atoms. The van der Waals surface area contributed by atoms with Crippen molar-refractivity contribution in [2.45, 2.75) is 25.9 Å². The van der Waals surface area contributed by atoms with Gasteiger partial charge in [0.15, 0.2) is 11.5 Å². The van der Waals surface area contributed by atoms with Crippen LogP contribution in [0, 0.1) is 0 Å². The molecule has 1 aliphatic rings. The topological polar surface area (TPSA) is 38.7 Å². The summed E-state index contributed by atoms with van der Waals surface area (Å²) in [6, 6.07) is 5.75. The third-order valence-electron chi connectivity index (χ3n) is 3.08. The fraction of sp³-hybridized carbons (Fsp3) is 0.571. The number of hydrogen-bond acceptors (Lipinski definition) is 4. The summed E-state index contributed by atoms with van der Waals surface area (Å²) in [4.78, 5) is 0. The minimum atomic E-state index is -0.707. The van der Waals surface area contributed by atoms with E-state index in [1.54, 1.807) is 11.8 Å². The first-order valence-corrected chi connectivity index (χ1v) is 7.55. The third kappa shape index (κ3) is 2.75. The van der Waals surface area contributed by atoms with Crippen LogP contribution in [-0.4, -0.2) is 29.8 Å². The number of benzene rings is 1. The molecule has 100 valence electrons. The monoisotopic (exact) mass is 268 g/mol. The van der Waals surface area contributed by atoms with Crippen LogP contribution < -0.4 is 9.47 Å². The zero-order valence-electron chi connectivity index (χ0n) is 10.9. The van der Waals surface area contributed by atoms with Crippen molar-refractivity contribution in [1.29, 1.82) is 0 Å². The summed E-state index contributed by atoms with van der Waals surface area (Å²) in [6.07, 6.45) is 0.803. The van der Waals surface area contributed by atoms with Gasteiger partial charge in [-0.2, -0.15) is 11.8 Å². The molecule has 4 heteroatoms. The fourth-order valence-corrected chi connectivity index (χ4v) is 3.40. The molecule has 1 atom stereocenters. The zero-order chi connectivity index (χ0) is 13.0. The first-order chi connectivity index (χ1) is 8.69. The van der Waals surface area contributed by atoms with Crippen molar-refractivity contribution < 1.29 is 14.6 Å². The van der Waals surface area contributed by atoms with E-state index in [2.05, 4.69) is 0 Å². The predicted octanol–water partition coefficient (Wildman–Crippen LogP) is 2.81. The van der Waals surface area contributed by atoms with Crippen molar-refractivity contribution >= 4 is 11.8 Å². The van der Waals surface area contributed by atoms with Crippen LogP contribution >= 0.6 is 11.8 Å². The van der Waals surface area contributed by atoms with Crippen LogP contribution in [0.3, 0.4) is 0 Å². The molecule has 2 rings (SSSR count). The van der Waals surface area contributed by atoms with Crippen LogP contribution in [0.25, 0.3) is 0 Å². The van der Waals surface area contributed by atoms with Crippen LogP contribution in [0.5, 0.6) is 11.5 Å². The van der Waals surface area contributed by atoms with Gasteiger partial charge in [-0.3, -0.25) is 0 Å². The van der Waals surface area contributed by atoms with Crippen molar-refractivity contribution in [1.82, 2.24) is 0 Å². The normalized spacial score (nSPS) is 23.1. The van der Waals surface area contributed by atoms with E-state index in [9.17, 15) is 5.11 Å². The lowest BCUT2D eigenvalue weighted by Crippen LogP contribution is -2.24. The van der Waals surface area contributed by atoms with Crippen LogP contribution in [0.4, 0.5) is 0 Å². The Labute approximate surface area is 112 Å². The Hall–Kier alpha value is -0.870. The van der Waals surface area contributed by atoms with Gasteiger partial charge in [0, 0.05) is 5.75 Å². The second-order valence-electron chi connectivity index (χ2n) is 4.36. The van der Waals surface area contributed by atoms with Crippen molar-refractivity contribution in [2.24, 2.45) is 0 Å². The van der Waals surface area contributed by atoms with Gasteiger partial charge in [-0.15, -0.1) is 0 Å². The zero-order valence-corrected chi connectivity index (χ0v) is 11.8. The van der Waals surface area contributed by atoms with E-state index in [-0.39, 0.29) is 0 Å². The molecule has 0 spiro atoms. The summed E-state index contributed by atoms with van der Waals surface area (Å²) < 4.78 is 11.1. The minimum absolute atomic E-state index is 0.594. The quantitative estimate of drug-likeness (QED) is 0.891.